The van der Waals surface area contributed by atoms with Crippen molar-refractivity contribution in [2.45, 2.75) is 6.54 Å². The van der Waals surface area contributed by atoms with Crippen LogP contribution in [0.15, 0.2) is 120 Å². The summed E-state index contributed by atoms with van der Waals surface area (Å²) in [7, 11) is 0. The number of hydrogen-bond acceptors (Lipinski definition) is 3. The highest BCUT2D eigenvalue weighted by Gasteiger charge is 2.24. The van der Waals surface area contributed by atoms with Crippen molar-refractivity contribution in [1.82, 2.24) is 9.55 Å². The number of amides is 1. The second-order valence-electron chi connectivity index (χ2n) is 7.66. The molecule has 160 valence electrons. The number of carbonyl (C=O) groups excluding carboxylic acids is 1. The number of fused-ring (bicyclic) bond motifs is 1. The fraction of sp³-hybridized carbons (Fsp3) is 0.0357. The Kier molecular flexibility index (Phi) is 5.52. The molecule has 5 rings (SSSR count). The third-order valence-corrected chi connectivity index (χ3v) is 5.49. The first kappa shape index (κ1) is 20.4. The molecular formula is C28H21N3O2. The molecule has 0 aliphatic carbocycles. The molecule has 5 aromatic rings. The summed E-state index contributed by atoms with van der Waals surface area (Å²) in [6.07, 6.45) is 1.66. The van der Waals surface area contributed by atoms with E-state index in [1.54, 1.807) is 27.8 Å². The lowest BCUT2D eigenvalue weighted by Crippen LogP contribution is -2.34. The second kappa shape index (κ2) is 8.93. The van der Waals surface area contributed by atoms with E-state index in [0.717, 1.165) is 10.9 Å². The highest BCUT2D eigenvalue weighted by molar-refractivity contribution is 6.11. The zero-order chi connectivity index (χ0) is 22.6. The van der Waals surface area contributed by atoms with Crippen molar-refractivity contribution < 1.29 is 4.79 Å². The van der Waals surface area contributed by atoms with Gasteiger partial charge in [-0.2, -0.15) is 0 Å². The minimum Gasteiger partial charge on any atom is -0.288 e. The van der Waals surface area contributed by atoms with E-state index in [1.165, 1.54) is 0 Å². The topological polar surface area (TPSA) is 55.2 Å². The number of aromatic nitrogens is 2. The van der Waals surface area contributed by atoms with Crippen molar-refractivity contribution >= 4 is 28.3 Å². The van der Waals surface area contributed by atoms with Gasteiger partial charge in [-0.05, 0) is 48.0 Å². The highest BCUT2D eigenvalue weighted by Crippen LogP contribution is 2.27. The van der Waals surface area contributed by atoms with Gasteiger partial charge in [-0.1, -0.05) is 66.7 Å². The van der Waals surface area contributed by atoms with E-state index < -0.39 is 0 Å². The summed E-state index contributed by atoms with van der Waals surface area (Å²) in [6, 6.07) is 33.7. The first-order chi connectivity index (χ1) is 16.2. The van der Waals surface area contributed by atoms with E-state index in [-0.39, 0.29) is 17.0 Å². The normalized spacial score (nSPS) is 10.8. The Morgan fingerprint density at radius 3 is 1.94 bits per heavy atom. The Bertz CT molecular complexity index is 1420. The van der Waals surface area contributed by atoms with Crippen LogP contribution in [0.2, 0.25) is 0 Å². The predicted molar refractivity (Wildman–Crippen MR) is 131 cm³/mol. The summed E-state index contributed by atoms with van der Waals surface area (Å²) < 4.78 is 1.58. The van der Waals surface area contributed by atoms with Crippen LogP contribution >= 0.6 is 0 Å². The Hall–Kier alpha value is -4.51. The summed E-state index contributed by atoms with van der Waals surface area (Å²) >= 11 is 0. The molecule has 0 radical (unpaired) electrons. The van der Waals surface area contributed by atoms with E-state index >= 15 is 0 Å². The van der Waals surface area contributed by atoms with Crippen molar-refractivity contribution in [3.05, 3.63) is 137 Å². The van der Waals surface area contributed by atoms with Gasteiger partial charge in [-0.3, -0.25) is 19.1 Å². The minimum atomic E-state index is -0.384. The Balaban J connectivity index is 1.69. The Morgan fingerprint density at radius 2 is 1.33 bits per heavy atom. The van der Waals surface area contributed by atoms with Crippen LogP contribution in [0, 0.1) is 0 Å². The van der Waals surface area contributed by atoms with E-state index in [9.17, 15) is 9.59 Å². The van der Waals surface area contributed by atoms with Crippen LogP contribution in [-0.2, 0) is 6.54 Å². The molecule has 0 N–H and O–H groups in total. The number of anilines is 2. The van der Waals surface area contributed by atoms with Gasteiger partial charge in [-0.15, -0.1) is 0 Å². The summed E-state index contributed by atoms with van der Waals surface area (Å²) in [6.45, 7) is 0.324. The number of para-hydroxylation sites is 2. The molecule has 33 heavy (non-hydrogen) atoms. The maximum absolute atomic E-state index is 13.9. The van der Waals surface area contributed by atoms with E-state index in [2.05, 4.69) is 4.98 Å². The van der Waals surface area contributed by atoms with Crippen LogP contribution in [0.1, 0.15) is 15.9 Å². The number of pyridine rings is 2. The molecule has 0 spiro atoms. The van der Waals surface area contributed by atoms with Gasteiger partial charge in [0.15, 0.2) is 0 Å². The Morgan fingerprint density at radius 1 is 0.758 bits per heavy atom. The number of carbonyl (C=O) groups is 1. The lowest BCUT2D eigenvalue weighted by atomic mass is 10.1. The second-order valence-corrected chi connectivity index (χ2v) is 7.66. The molecule has 3 aromatic carbocycles. The largest absolute Gasteiger partial charge is 0.288 e. The SMILES string of the molecule is O=C(c1cc2cccnc2n(Cc2ccccc2)c1=O)N(c1ccccc1)c1ccccc1. The number of nitrogens with zero attached hydrogens (tertiary/aromatic N) is 3. The van der Waals surface area contributed by atoms with E-state index in [4.69, 9.17) is 0 Å². The van der Waals surface area contributed by atoms with Crippen LogP contribution in [-0.4, -0.2) is 15.5 Å². The standard InChI is InChI=1S/C28H21N3O2/c32-27-25(28(33)31(23-14-6-2-7-15-23)24-16-8-3-9-17-24)19-22-13-10-18-29-26(22)30(27)20-21-11-4-1-5-12-21/h1-19H,20H2. The summed E-state index contributed by atoms with van der Waals surface area (Å²) in [5, 5.41) is 0.734. The zero-order valence-electron chi connectivity index (χ0n) is 17.8. The van der Waals surface area contributed by atoms with E-state index in [1.807, 2.05) is 97.1 Å². The third-order valence-electron chi connectivity index (χ3n) is 5.49. The van der Waals surface area contributed by atoms with Crippen molar-refractivity contribution in [2.75, 3.05) is 4.90 Å². The molecule has 0 unspecified atom stereocenters. The van der Waals surface area contributed by atoms with Gasteiger partial charge >= 0.3 is 0 Å². The highest BCUT2D eigenvalue weighted by atomic mass is 16.2. The Labute approximate surface area is 191 Å². The monoisotopic (exact) mass is 431 g/mol. The maximum Gasteiger partial charge on any atom is 0.268 e. The molecular weight excluding hydrogens is 410 g/mol. The van der Waals surface area contributed by atoms with Gasteiger partial charge in [0.1, 0.15) is 11.2 Å². The average Bonchev–Trinajstić information content (AvgIpc) is 2.87. The fourth-order valence-electron chi connectivity index (χ4n) is 3.93. The van der Waals surface area contributed by atoms with Gasteiger partial charge in [0, 0.05) is 23.0 Å². The first-order valence-electron chi connectivity index (χ1n) is 10.7. The number of hydrogen-bond donors (Lipinski definition) is 0. The summed E-state index contributed by atoms with van der Waals surface area (Å²) in [5.74, 6) is -0.384. The molecule has 0 bridgehead atoms. The maximum atomic E-state index is 13.9. The molecule has 2 aromatic heterocycles. The molecule has 0 atom stereocenters. The molecule has 0 aliphatic rings. The predicted octanol–water partition coefficient (Wildman–Crippen LogP) is 5.42. The number of rotatable bonds is 5. The molecule has 5 nitrogen and oxygen atoms in total. The molecule has 0 fully saturated rings. The van der Waals surface area contributed by atoms with Gasteiger partial charge in [0.25, 0.3) is 11.5 Å². The number of benzene rings is 3. The molecule has 0 saturated heterocycles. The van der Waals surface area contributed by atoms with Gasteiger partial charge in [0.05, 0.1) is 6.54 Å². The van der Waals surface area contributed by atoms with Gasteiger partial charge < -0.3 is 0 Å². The van der Waals surface area contributed by atoms with Crippen LogP contribution in [0.25, 0.3) is 11.0 Å². The lowest BCUT2D eigenvalue weighted by molar-refractivity contribution is 0.0997. The van der Waals surface area contributed by atoms with Crippen LogP contribution in [0.3, 0.4) is 0 Å². The summed E-state index contributed by atoms with van der Waals surface area (Å²) in [4.78, 5) is 33.6. The lowest BCUT2D eigenvalue weighted by Gasteiger charge is -2.23. The quantitative estimate of drug-likeness (QED) is 0.373. The minimum absolute atomic E-state index is 0.0964. The first-order valence-corrected chi connectivity index (χ1v) is 10.7. The van der Waals surface area contributed by atoms with E-state index in [0.29, 0.717) is 23.6 Å². The van der Waals surface area contributed by atoms with Crippen molar-refractivity contribution in [1.29, 1.82) is 0 Å². The molecule has 5 heteroatoms. The molecule has 0 aliphatic heterocycles. The smallest absolute Gasteiger partial charge is 0.268 e. The van der Waals surface area contributed by atoms with Gasteiger partial charge in [0.2, 0.25) is 0 Å². The molecule has 2 heterocycles. The van der Waals surface area contributed by atoms with Crippen molar-refractivity contribution in [3.8, 4) is 0 Å². The van der Waals surface area contributed by atoms with Crippen molar-refractivity contribution in [3.63, 3.8) is 0 Å². The average molecular weight is 431 g/mol. The van der Waals surface area contributed by atoms with Gasteiger partial charge in [-0.25, -0.2) is 4.98 Å². The van der Waals surface area contributed by atoms with Crippen LogP contribution in [0.5, 0.6) is 0 Å². The zero-order valence-corrected chi connectivity index (χ0v) is 17.8. The molecule has 1 amide bonds. The summed E-state index contributed by atoms with van der Waals surface area (Å²) in [5.41, 5.74) is 2.61. The fourth-order valence-corrected chi connectivity index (χ4v) is 3.93. The van der Waals surface area contributed by atoms with Crippen molar-refractivity contribution in [2.24, 2.45) is 0 Å². The molecule has 0 saturated carbocycles. The third kappa shape index (κ3) is 4.04. The van der Waals surface area contributed by atoms with Crippen LogP contribution < -0.4 is 10.5 Å². The van der Waals surface area contributed by atoms with Crippen LogP contribution in [0.4, 0.5) is 11.4 Å².